The summed E-state index contributed by atoms with van der Waals surface area (Å²) in [5.74, 6) is -0.0667. The molecule has 4 heteroatoms. The lowest BCUT2D eigenvalue weighted by molar-refractivity contribution is 0.0976. The fraction of sp³-hybridized carbons (Fsp3) is 0.222. The Hall–Kier alpha value is -2.62. The van der Waals surface area contributed by atoms with Crippen LogP contribution in [0.1, 0.15) is 27.9 Å². The van der Waals surface area contributed by atoms with Crippen LogP contribution in [0.3, 0.4) is 0 Å². The molecule has 0 radical (unpaired) electrons. The van der Waals surface area contributed by atoms with E-state index in [0.29, 0.717) is 12.1 Å². The highest BCUT2D eigenvalue weighted by molar-refractivity contribution is 6.05. The molecule has 0 heterocycles. The summed E-state index contributed by atoms with van der Waals surface area (Å²) in [5, 5.41) is 2.60. The Balaban J connectivity index is 1.77. The Kier molecular flexibility index (Phi) is 5.72. The quantitative estimate of drug-likeness (QED) is 0.506. The number of aliphatic imine (C=N–C) groups is 1. The predicted molar refractivity (Wildman–Crippen MR) is 89.9 cm³/mol. The summed E-state index contributed by atoms with van der Waals surface area (Å²) in [6, 6.07) is 17.5. The van der Waals surface area contributed by atoms with E-state index < -0.39 is 0 Å². The van der Waals surface area contributed by atoms with Gasteiger partial charge in [0.25, 0.3) is 5.91 Å². The number of nitrogens with one attached hydrogen (secondary N) is 1. The number of rotatable bonds is 5. The summed E-state index contributed by atoms with van der Waals surface area (Å²) in [6.45, 7) is 2.57. The summed E-state index contributed by atoms with van der Waals surface area (Å²) in [4.78, 5) is 16.1. The molecule has 3 N–H and O–H groups in total. The second-order valence-corrected chi connectivity index (χ2v) is 5.18. The van der Waals surface area contributed by atoms with Gasteiger partial charge in [0, 0.05) is 12.1 Å². The number of benzene rings is 2. The van der Waals surface area contributed by atoms with Crippen LogP contribution in [-0.2, 0) is 6.42 Å². The zero-order chi connectivity index (χ0) is 15.8. The van der Waals surface area contributed by atoms with E-state index in [1.807, 2.05) is 37.3 Å². The molecule has 1 amide bonds. The van der Waals surface area contributed by atoms with E-state index in [1.165, 1.54) is 5.56 Å². The minimum absolute atomic E-state index is 0.165. The van der Waals surface area contributed by atoms with Gasteiger partial charge >= 0.3 is 0 Å². The highest BCUT2D eigenvalue weighted by Crippen LogP contribution is 2.03. The molecule has 0 unspecified atom stereocenters. The van der Waals surface area contributed by atoms with E-state index in [9.17, 15) is 4.79 Å². The smallest absolute Gasteiger partial charge is 0.257 e. The molecule has 0 spiro atoms. The summed E-state index contributed by atoms with van der Waals surface area (Å²) in [5.41, 5.74) is 8.70. The van der Waals surface area contributed by atoms with E-state index in [0.717, 1.165) is 18.4 Å². The number of amides is 1. The number of aryl methyl sites for hydroxylation is 2. The van der Waals surface area contributed by atoms with Crippen molar-refractivity contribution in [3.63, 3.8) is 0 Å². The molecule has 0 atom stereocenters. The molecular formula is C18H21N3O. The van der Waals surface area contributed by atoms with E-state index in [2.05, 4.69) is 22.4 Å². The molecule has 2 aromatic rings. The second kappa shape index (κ2) is 7.98. The minimum atomic E-state index is -0.232. The molecule has 0 aromatic heterocycles. The first-order chi connectivity index (χ1) is 10.6. The van der Waals surface area contributed by atoms with Crippen molar-refractivity contribution < 1.29 is 4.79 Å². The van der Waals surface area contributed by atoms with Crippen LogP contribution >= 0.6 is 0 Å². The molecule has 0 fully saturated rings. The number of nitrogens with two attached hydrogens (primary N) is 1. The zero-order valence-electron chi connectivity index (χ0n) is 12.8. The first-order valence-electron chi connectivity index (χ1n) is 7.37. The van der Waals surface area contributed by atoms with Gasteiger partial charge in [-0.1, -0.05) is 48.0 Å². The number of carbonyl (C=O) groups excluding carboxylic acids is 1. The fourth-order valence-electron chi connectivity index (χ4n) is 2.06. The van der Waals surface area contributed by atoms with Gasteiger partial charge in [0.05, 0.1) is 0 Å². The normalized spacial score (nSPS) is 11.2. The van der Waals surface area contributed by atoms with Gasteiger partial charge in [0.2, 0.25) is 0 Å². The van der Waals surface area contributed by atoms with Crippen molar-refractivity contribution in [1.82, 2.24) is 5.32 Å². The number of carbonyl (C=O) groups is 1. The Morgan fingerprint density at radius 2 is 1.77 bits per heavy atom. The first-order valence-corrected chi connectivity index (χ1v) is 7.37. The molecule has 114 valence electrons. The van der Waals surface area contributed by atoms with Crippen molar-refractivity contribution in [2.75, 3.05) is 6.54 Å². The van der Waals surface area contributed by atoms with Crippen molar-refractivity contribution in [1.29, 1.82) is 0 Å². The summed E-state index contributed by atoms with van der Waals surface area (Å²) >= 11 is 0. The van der Waals surface area contributed by atoms with Crippen LogP contribution in [-0.4, -0.2) is 18.4 Å². The molecule has 22 heavy (non-hydrogen) atoms. The van der Waals surface area contributed by atoms with E-state index >= 15 is 0 Å². The van der Waals surface area contributed by atoms with Crippen molar-refractivity contribution in [2.24, 2.45) is 10.7 Å². The topological polar surface area (TPSA) is 67.5 Å². The standard InChI is InChI=1S/C18H21N3O/c1-14-9-11-16(12-10-14)17(22)21-18(19)20-13-5-8-15-6-3-2-4-7-15/h2-4,6-7,9-12H,5,8,13H2,1H3,(H3,19,20,21,22). The van der Waals surface area contributed by atoms with Crippen LogP contribution in [0, 0.1) is 6.92 Å². The number of guanidine groups is 1. The summed E-state index contributed by atoms with van der Waals surface area (Å²) in [6.07, 6.45) is 1.84. The third-order valence-electron chi connectivity index (χ3n) is 3.30. The number of hydrogen-bond donors (Lipinski definition) is 2. The Labute approximate surface area is 131 Å². The van der Waals surface area contributed by atoms with Crippen molar-refractivity contribution >= 4 is 11.9 Å². The maximum absolute atomic E-state index is 11.9. The van der Waals surface area contributed by atoms with E-state index in [-0.39, 0.29) is 11.9 Å². The largest absolute Gasteiger partial charge is 0.370 e. The Morgan fingerprint density at radius 3 is 2.45 bits per heavy atom. The third-order valence-corrected chi connectivity index (χ3v) is 3.30. The molecule has 0 aliphatic heterocycles. The van der Waals surface area contributed by atoms with Gasteiger partial charge in [-0.05, 0) is 37.5 Å². The van der Waals surface area contributed by atoms with Crippen molar-refractivity contribution in [3.8, 4) is 0 Å². The molecule has 0 bridgehead atoms. The zero-order valence-corrected chi connectivity index (χ0v) is 12.8. The maximum atomic E-state index is 11.9. The average molecular weight is 295 g/mol. The molecule has 0 saturated carbocycles. The van der Waals surface area contributed by atoms with Crippen molar-refractivity contribution in [3.05, 3.63) is 71.3 Å². The SMILES string of the molecule is Cc1ccc(C(=O)NC(N)=NCCCc2ccccc2)cc1. The number of nitrogens with zero attached hydrogens (tertiary/aromatic N) is 1. The van der Waals surface area contributed by atoms with Crippen LogP contribution in [0.25, 0.3) is 0 Å². The minimum Gasteiger partial charge on any atom is -0.370 e. The molecule has 0 aliphatic rings. The monoisotopic (exact) mass is 295 g/mol. The van der Waals surface area contributed by atoms with Gasteiger partial charge in [-0.2, -0.15) is 0 Å². The Bertz CT molecular complexity index is 633. The van der Waals surface area contributed by atoms with Gasteiger partial charge < -0.3 is 5.73 Å². The maximum Gasteiger partial charge on any atom is 0.257 e. The van der Waals surface area contributed by atoms with Crippen molar-refractivity contribution in [2.45, 2.75) is 19.8 Å². The fourth-order valence-corrected chi connectivity index (χ4v) is 2.06. The molecular weight excluding hydrogens is 274 g/mol. The van der Waals surface area contributed by atoms with E-state index in [4.69, 9.17) is 5.73 Å². The van der Waals surface area contributed by atoms with Gasteiger partial charge in [-0.15, -0.1) is 0 Å². The van der Waals surface area contributed by atoms with Crippen LogP contribution < -0.4 is 11.1 Å². The number of hydrogen-bond acceptors (Lipinski definition) is 2. The van der Waals surface area contributed by atoms with Crippen LogP contribution in [0.4, 0.5) is 0 Å². The van der Waals surface area contributed by atoms with E-state index in [1.54, 1.807) is 12.1 Å². The Morgan fingerprint density at radius 1 is 1.09 bits per heavy atom. The highest BCUT2D eigenvalue weighted by atomic mass is 16.1. The molecule has 2 aromatic carbocycles. The lowest BCUT2D eigenvalue weighted by Gasteiger charge is -2.05. The van der Waals surface area contributed by atoms with Gasteiger partial charge in [0.15, 0.2) is 5.96 Å². The highest BCUT2D eigenvalue weighted by Gasteiger charge is 2.05. The van der Waals surface area contributed by atoms with Crippen LogP contribution in [0.15, 0.2) is 59.6 Å². The van der Waals surface area contributed by atoms with Gasteiger partial charge in [-0.3, -0.25) is 15.1 Å². The average Bonchev–Trinajstić information content (AvgIpc) is 2.53. The summed E-state index contributed by atoms with van der Waals surface area (Å²) in [7, 11) is 0. The van der Waals surface area contributed by atoms with Crippen LogP contribution in [0.5, 0.6) is 0 Å². The third kappa shape index (κ3) is 5.05. The van der Waals surface area contributed by atoms with Gasteiger partial charge in [0.1, 0.15) is 0 Å². The predicted octanol–water partition coefficient (Wildman–Crippen LogP) is 2.67. The molecule has 0 aliphatic carbocycles. The summed E-state index contributed by atoms with van der Waals surface area (Å²) < 4.78 is 0. The van der Waals surface area contributed by atoms with Crippen LogP contribution in [0.2, 0.25) is 0 Å². The first kappa shape index (κ1) is 15.8. The molecule has 2 rings (SSSR count). The second-order valence-electron chi connectivity index (χ2n) is 5.18. The van der Waals surface area contributed by atoms with Gasteiger partial charge in [-0.25, -0.2) is 0 Å². The molecule has 4 nitrogen and oxygen atoms in total. The lowest BCUT2D eigenvalue weighted by atomic mass is 10.1. The lowest BCUT2D eigenvalue weighted by Crippen LogP contribution is -2.36. The molecule has 0 saturated heterocycles.